The van der Waals surface area contributed by atoms with E-state index < -0.39 is 18.3 Å². The van der Waals surface area contributed by atoms with Gasteiger partial charge in [0.25, 0.3) is 10.0 Å². The van der Waals surface area contributed by atoms with Crippen molar-refractivity contribution in [2.45, 2.75) is 63.2 Å². The van der Waals surface area contributed by atoms with Crippen LogP contribution >= 0.6 is 0 Å². The Morgan fingerprint density at radius 2 is 1.60 bits per heavy atom. The molecule has 0 saturated carbocycles. The fraction of sp³-hybridized carbons (Fsp3) is 0.323. The summed E-state index contributed by atoms with van der Waals surface area (Å²) in [4.78, 5) is 6.24. The molecule has 5 aromatic rings. The molecule has 0 N–H and O–H groups in total. The summed E-state index contributed by atoms with van der Waals surface area (Å²) in [5.41, 5.74) is 2.84. The van der Waals surface area contributed by atoms with Crippen LogP contribution in [0.15, 0.2) is 84.0 Å². The summed E-state index contributed by atoms with van der Waals surface area (Å²) < 4.78 is 48.1. The van der Waals surface area contributed by atoms with Crippen molar-refractivity contribution < 1.29 is 17.2 Å². The molecule has 0 amide bonds. The number of unbranched alkanes of at least 4 members (excludes halogenated alkanes) is 1. The minimum Gasteiger partial charge on any atom is -0.417 e. The molecule has 0 radical (unpaired) electrons. The van der Waals surface area contributed by atoms with Crippen LogP contribution in [0.2, 0.25) is 18.1 Å². The number of halogens is 1. The molecule has 0 fully saturated rings. The minimum absolute atomic E-state index is 0.157. The Kier molecular flexibility index (Phi) is 8.19. The molecule has 0 saturated heterocycles. The summed E-state index contributed by atoms with van der Waals surface area (Å²) in [7, 11) is -5.67. The fourth-order valence-corrected chi connectivity index (χ4v) is 6.86. The Labute approximate surface area is 247 Å². The summed E-state index contributed by atoms with van der Waals surface area (Å²) in [6, 6.07) is 17.9. The maximum Gasteiger partial charge on any atom is 0.269 e. The number of hydrogen-bond donors (Lipinski definition) is 0. The van der Waals surface area contributed by atoms with Crippen molar-refractivity contribution in [2.24, 2.45) is 0 Å². The molecule has 0 aliphatic carbocycles. The van der Waals surface area contributed by atoms with Crippen molar-refractivity contribution in [1.29, 1.82) is 0 Å². The Balaban J connectivity index is 1.47. The normalized spacial score (nSPS) is 12.7. The molecule has 220 valence electrons. The van der Waals surface area contributed by atoms with Gasteiger partial charge >= 0.3 is 0 Å². The lowest BCUT2D eigenvalue weighted by atomic mass is 10.0. The van der Waals surface area contributed by atoms with Crippen molar-refractivity contribution in [2.75, 3.05) is 6.61 Å². The number of fused-ring (bicyclic) bond motifs is 1. The predicted molar refractivity (Wildman–Crippen MR) is 166 cm³/mol. The third-order valence-electron chi connectivity index (χ3n) is 7.90. The van der Waals surface area contributed by atoms with E-state index in [9.17, 15) is 12.8 Å². The topological polar surface area (TPSA) is 91.9 Å². The molecule has 3 heterocycles. The van der Waals surface area contributed by atoms with Crippen molar-refractivity contribution in [3.63, 3.8) is 0 Å². The highest BCUT2D eigenvalue weighted by atomic mass is 32.2. The molecule has 8 nitrogen and oxygen atoms in total. The molecule has 0 atom stereocenters. The van der Waals surface area contributed by atoms with Gasteiger partial charge in [0.15, 0.2) is 14.0 Å². The summed E-state index contributed by atoms with van der Waals surface area (Å²) in [5.74, 6) is -0.344. The van der Waals surface area contributed by atoms with Gasteiger partial charge in [0.05, 0.1) is 11.4 Å². The van der Waals surface area contributed by atoms with Crippen LogP contribution in [0.4, 0.5) is 4.39 Å². The van der Waals surface area contributed by atoms with Gasteiger partial charge in [-0.2, -0.15) is 15.0 Å². The Morgan fingerprint density at radius 1 is 0.905 bits per heavy atom. The SMILES string of the molecule is CC(C)(C)[Si](C)(C)OCCCCn1nc(-c2ccc(F)cc2)c(-c2ccnc3c2ccn3S(=O)(=O)c2ccccc2)n1. The van der Waals surface area contributed by atoms with E-state index in [0.29, 0.717) is 46.7 Å². The second-order valence-corrected chi connectivity index (χ2v) is 18.5. The maximum absolute atomic E-state index is 13.8. The molecule has 0 aliphatic rings. The van der Waals surface area contributed by atoms with Gasteiger partial charge in [0.2, 0.25) is 0 Å². The van der Waals surface area contributed by atoms with Crippen LogP contribution in [-0.2, 0) is 21.0 Å². The van der Waals surface area contributed by atoms with Crippen LogP contribution in [0.25, 0.3) is 33.5 Å². The number of rotatable bonds is 10. The first-order valence-electron chi connectivity index (χ1n) is 14.0. The number of benzene rings is 2. The summed E-state index contributed by atoms with van der Waals surface area (Å²) >= 11 is 0. The zero-order chi connectivity index (χ0) is 30.1. The number of nitrogens with zero attached hydrogens (tertiary/aromatic N) is 5. The zero-order valence-electron chi connectivity index (χ0n) is 24.6. The molecule has 2 aromatic carbocycles. The van der Waals surface area contributed by atoms with Gasteiger partial charge in [-0.15, -0.1) is 0 Å². The standard InChI is InChI=1S/C31H36FN5O3SSi/c1-31(2,3)42(4,5)40-22-10-9-20-37-34-28(23-13-15-24(32)16-14-23)29(35-37)26-17-19-33-30-27(26)18-21-36(30)41(38,39)25-11-7-6-8-12-25/h6-8,11-19,21H,9-10,20,22H2,1-5H3. The van der Waals surface area contributed by atoms with E-state index >= 15 is 0 Å². The quantitative estimate of drug-likeness (QED) is 0.124. The maximum atomic E-state index is 13.8. The molecule has 5 rings (SSSR count). The zero-order valence-corrected chi connectivity index (χ0v) is 26.4. The average Bonchev–Trinajstić information content (AvgIpc) is 3.58. The lowest BCUT2D eigenvalue weighted by Crippen LogP contribution is -2.40. The highest BCUT2D eigenvalue weighted by Crippen LogP contribution is 2.37. The summed E-state index contributed by atoms with van der Waals surface area (Å²) in [6.07, 6.45) is 4.77. The van der Waals surface area contributed by atoms with Crippen LogP contribution in [0.3, 0.4) is 0 Å². The van der Waals surface area contributed by atoms with Crippen LogP contribution < -0.4 is 0 Å². The van der Waals surface area contributed by atoms with Gasteiger partial charge in [0, 0.05) is 35.5 Å². The highest BCUT2D eigenvalue weighted by molar-refractivity contribution is 7.90. The monoisotopic (exact) mass is 605 g/mol. The number of pyridine rings is 1. The second kappa shape index (κ2) is 11.5. The summed E-state index contributed by atoms with van der Waals surface area (Å²) in [5, 5.41) is 10.4. The number of aromatic nitrogens is 5. The first-order valence-corrected chi connectivity index (χ1v) is 18.4. The molecule has 0 bridgehead atoms. The number of hydrogen-bond acceptors (Lipinski definition) is 6. The van der Waals surface area contributed by atoms with E-state index in [1.54, 1.807) is 65.6 Å². The van der Waals surface area contributed by atoms with E-state index in [-0.39, 0.29) is 15.8 Å². The minimum atomic E-state index is -3.86. The lowest BCUT2D eigenvalue weighted by Gasteiger charge is -2.36. The molecule has 0 unspecified atom stereocenters. The predicted octanol–water partition coefficient (Wildman–Crippen LogP) is 7.14. The third kappa shape index (κ3) is 5.94. The molecular formula is C31H36FN5O3SSi. The average molecular weight is 606 g/mol. The van der Waals surface area contributed by atoms with E-state index in [1.165, 1.54) is 22.3 Å². The molecule has 42 heavy (non-hydrogen) atoms. The van der Waals surface area contributed by atoms with Crippen molar-refractivity contribution in [1.82, 2.24) is 24.0 Å². The van der Waals surface area contributed by atoms with E-state index in [2.05, 4.69) is 38.8 Å². The van der Waals surface area contributed by atoms with Gasteiger partial charge in [0.1, 0.15) is 17.2 Å². The second-order valence-electron chi connectivity index (χ2n) is 11.8. The van der Waals surface area contributed by atoms with E-state index in [0.717, 1.165) is 12.8 Å². The van der Waals surface area contributed by atoms with E-state index in [4.69, 9.17) is 14.6 Å². The summed E-state index contributed by atoms with van der Waals surface area (Å²) in [6.45, 7) is 12.4. The Hall–Kier alpha value is -3.67. The molecule has 0 spiro atoms. The molecule has 3 aromatic heterocycles. The van der Waals surface area contributed by atoms with Crippen molar-refractivity contribution in [3.8, 4) is 22.5 Å². The van der Waals surface area contributed by atoms with Gasteiger partial charge in [-0.25, -0.2) is 21.8 Å². The highest BCUT2D eigenvalue weighted by Gasteiger charge is 2.36. The first-order chi connectivity index (χ1) is 19.9. The Bertz CT molecular complexity index is 1790. The van der Waals surface area contributed by atoms with Crippen LogP contribution in [0.1, 0.15) is 33.6 Å². The van der Waals surface area contributed by atoms with Gasteiger partial charge in [-0.3, -0.25) is 0 Å². The smallest absolute Gasteiger partial charge is 0.269 e. The Morgan fingerprint density at radius 3 is 2.29 bits per heavy atom. The van der Waals surface area contributed by atoms with Crippen molar-refractivity contribution >= 4 is 29.4 Å². The van der Waals surface area contributed by atoms with Crippen LogP contribution in [0, 0.1) is 5.82 Å². The molecule has 11 heteroatoms. The lowest BCUT2D eigenvalue weighted by molar-refractivity contribution is 0.274. The van der Waals surface area contributed by atoms with Crippen LogP contribution in [-0.4, -0.2) is 47.3 Å². The van der Waals surface area contributed by atoms with Gasteiger partial charge in [-0.05, 0) is 79.5 Å². The van der Waals surface area contributed by atoms with E-state index in [1.807, 2.05) is 0 Å². The fourth-order valence-electron chi connectivity index (χ4n) is 4.45. The number of aryl methyl sites for hydroxylation is 1. The van der Waals surface area contributed by atoms with Gasteiger partial charge < -0.3 is 4.43 Å². The van der Waals surface area contributed by atoms with Gasteiger partial charge in [-0.1, -0.05) is 39.0 Å². The largest absolute Gasteiger partial charge is 0.417 e. The third-order valence-corrected chi connectivity index (χ3v) is 14.1. The molecule has 0 aliphatic heterocycles. The van der Waals surface area contributed by atoms with Crippen molar-refractivity contribution in [3.05, 3.63) is 84.9 Å². The van der Waals surface area contributed by atoms with Crippen LogP contribution in [0.5, 0.6) is 0 Å². The first kappa shape index (κ1) is 29.8. The molecular weight excluding hydrogens is 570 g/mol.